The zero-order valence-corrected chi connectivity index (χ0v) is 8.51. The highest BCUT2D eigenvalue weighted by atomic mass is 35.5. The molecule has 0 aliphatic carbocycles. The molecule has 3 nitrogen and oxygen atoms in total. The Morgan fingerprint density at radius 2 is 2.00 bits per heavy atom. The minimum Gasteiger partial charge on any atom is -0.480 e. The summed E-state index contributed by atoms with van der Waals surface area (Å²) in [7, 11) is 0. The maximum absolute atomic E-state index is 12.3. The third-order valence-electron chi connectivity index (χ3n) is 1.93. The smallest absolute Gasteiger partial charge is 0.416 e. The number of benzene rings is 1. The molecule has 1 aromatic carbocycles. The fourth-order valence-electron chi connectivity index (χ4n) is 1.09. The lowest BCUT2D eigenvalue weighted by atomic mass is 10.1. The zero-order chi connectivity index (χ0) is 12.5. The van der Waals surface area contributed by atoms with Crippen LogP contribution in [0.1, 0.15) is 17.2 Å². The molecule has 0 fully saturated rings. The number of nitrogens with two attached hydrogens (primary N) is 1. The molecule has 1 rings (SSSR count). The highest BCUT2D eigenvalue weighted by molar-refractivity contribution is 6.31. The van der Waals surface area contributed by atoms with Gasteiger partial charge in [0, 0.05) is 5.02 Å². The van der Waals surface area contributed by atoms with E-state index in [1.165, 1.54) is 0 Å². The molecule has 0 aliphatic heterocycles. The molecule has 0 unspecified atom stereocenters. The first-order chi connectivity index (χ1) is 7.23. The number of carbonyl (C=O) groups is 1. The van der Waals surface area contributed by atoms with Crippen molar-refractivity contribution in [1.82, 2.24) is 0 Å². The standard InChI is InChI=1S/C9H7ClF3NO2/c10-6-3-4(9(11,12)13)1-2-5(6)7(14)8(15)16/h1-3,7H,14H2,(H,15,16)/t7-/m1/s1. The molecule has 0 bridgehead atoms. The SMILES string of the molecule is N[C@@H](C(=O)O)c1ccc(C(F)(F)F)cc1Cl. The summed E-state index contributed by atoms with van der Waals surface area (Å²) in [6.45, 7) is 0. The van der Waals surface area contributed by atoms with Crippen molar-refractivity contribution < 1.29 is 23.1 Å². The number of aliphatic carboxylic acids is 1. The van der Waals surface area contributed by atoms with Gasteiger partial charge in [-0.2, -0.15) is 13.2 Å². The average molecular weight is 254 g/mol. The monoisotopic (exact) mass is 253 g/mol. The molecule has 7 heteroatoms. The van der Waals surface area contributed by atoms with E-state index in [2.05, 4.69) is 0 Å². The normalized spacial score (nSPS) is 13.6. The van der Waals surface area contributed by atoms with Crippen molar-refractivity contribution in [3.05, 3.63) is 34.3 Å². The lowest BCUT2D eigenvalue weighted by Crippen LogP contribution is -2.21. The molecule has 88 valence electrons. The fourth-order valence-corrected chi connectivity index (χ4v) is 1.39. The minimum atomic E-state index is -4.52. The molecule has 1 aromatic rings. The second-order valence-electron chi connectivity index (χ2n) is 3.05. The van der Waals surface area contributed by atoms with Crippen molar-refractivity contribution in [3.63, 3.8) is 0 Å². The Hall–Kier alpha value is -1.27. The summed E-state index contributed by atoms with van der Waals surface area (Å²) in [6.07, 6.45) is -4.52. The molecular formula is C9H7ClF3NO2. The van der Waals surface area contributed by atoms with E-state index in [1.807, 2.05) is 0 Å². The van der Waals surface area contributed by atoms with Gasteiger partial charge in [-0.25, -0.2) is 0 Å². The number of rotatable bonds is 2. The van der Waals surface area contributed by atoms with Crippen molar-refractivity contribution >= 4 is 17.6 Å². The van der Waals surface area contributed by atoms with E-state index in [-0.39, 0.29) is 10.6 Å². The average Bonchev–Trinajstić information content (AvgIpc) is 2.15. The number of hydrogen-bond acceptors (Lipinski definition) is 2. The maximum Gasteiger partial charge on any atom is 0.416 e. The Morgan fingerprint density at radius 1 is 1.44 bits per heavy atom. The first kappa shape index (κ1) is 12.8. The second kappa shape index (κ2) is 4.31. The third kappa shape index (κ3) is 2.65. The quantitative estimate of drug-likeness (QED) is 0.851. The van der Waals surface area contributed by atoms with Crippen LogP contribution in [-0.2, 0) is 11.0 Å². The van der Waals surface area contributed by atoms with Gasteiger partial charge >= 0.3 is 12.1 Å². The van der Waals surface area contributed by atoms with Gasteiger partial charge in [0.05, 0.1) is 5.56 Å². The van der Waals surface area contributed by atoms with E-state index in [1.54, 1.807) is 0 Å². The van der Waals surface area contributed by atoms with Gasteiger partial charge in [-0.05, 0) is 17.7 Å². The van der Waals surface area contributed by atoms with E-state index < -0.39 is 23.8 Å². The van der Waals surface area contributed by atoms with Gasteiger partial charge in [-0.1, -0.05) is 17.7 Å². The zero-order valence-electron chi connectivity index (χ0n) is 7.75. The molecule has 0 radical (unpaired) electrons. The first-order valence-electron chi connectivity index (χ1n) is 4.08. The molecule has 3 N–H and O–H groups in total. The number of hydrogen-bond donors (Lipinski definition) is 2. The van der Waals surface area contributed by atoms with E-state index in [9.17, 15) is 18.0 Å². The summed E-state index contributed by atoms with van der Waals surface area (Å²) in [5, 5.41) is 8.27. The van der Waals surface area contributed by atoms with Crippen LogP contribution in [0.4, 0.5) is 13.2 Å². The van der Waals surface area contributed by atoms with E-state index >= 15 is 0 Å². The predicted molar refractivity (Wildman–Crippen MR) is 51.0 cm³/mol. The van der Waals surface area contributed by atoms with E-state index in [4.69, 9.17) is 22.4 Å². The molecule has 16 heavy (non-hydrogen) atoms. The summed E-state index contributed by atoms with van der Waals surface area (Å²) in [5.41, 5.74) is 4.23. The molecule has 0 heterocycles. The van der Waals surface area contributed by atoms with Crippen molar-refractivity contribution in [1.29, 1.82) is 0 Å². The third-order valence-corrected chi connectivity index (χ3v) is 2.26. The van der Waals surface area contributed by atoms with Crippen LogP contribution in [-0.4, -0.2) is 11.1 Å². The molecule has 0 saturated heterocycles. The van der Waals surface area contributed by atoms with Gasteiger partial charge in [-0.15, -0.1) is 0 Å². The van der Waals surface area contributed by atoms with Gasteiger partial charge in [0.1, 0.15) is 6.04 Å². The van der Waals surface area contributed by atoms with Crippen LogP contribution in [0.15, 0.2) is 18.2 Å². The maximum atomic E-state index is 12.3. The van der Waals surface area contributed by atoms with Gasteiger partial charge in [0.2, 0.25) is 0 Å². The summed E-state index contributed by atoms with van der Waals surface area (Å²) in [4.78, 5) is 10.5. The van der Waals surface area contributed by atoms with Crippen molar-refractivity contribution in [2.45, 2.75) is 12.2 Å². The fraction of sp³-hybridized carbons (Fsp3) is 0.222. The minimum absolute atomic E-state index is 0.0535. The number of alkyl halides is 3. The Balaban J connectivity index is 3.15. The van der Waals surface area contributed by atoms with Crippen molar-refractivity contribution in [2.24, 2.45) is 5.73 Å². The van der Waals surface area contributed by atoms with Crippen LogP contribution in [0.3, 0.4) is 0 Å². The Labute approximate surface area is 93.6 Å². The highest BCUT2D eigenvalue weighted by Gasteiger charge is 2.31. The first-order valence-corrected chi connectivity index (χ1v) is 4.46. The van der Waals surface area contributed by atoms with Crippen LogP contribution in [0.5, 0.6) is 0 Å². The summed E-state index contributed by atoms with van der Waals surface area (Å²) >= 11 is 5.53. The summed E-state index contributed by atoms with van der Waals surface area (Å²) < 4.78 is 36.8. The van der Waals surface area contributed by atoms with Crippen molar-refractivity contribution in [3.8, 4) is 0 Å². The number of halogens is 4. The van der Waals surface area contributed by atoms with Gasteiger partial charge in [0.25, 0.3) is 0 Å². The van der Waals surface area contributed by atoms with Crippen LogP contribution < -0.4 is 5.73 Å². The van der Waals surface area contributed by atoms with E-state index in [0.29, 0.717) is 6.07 Å². The molecular weight excluding hydrogens is 247 g/mol. The molecule has 0 saturated carbocycles. The topological polar surface area (TPSA) is 63.3 Å². The van der Waals surface area contributed by atoms with E-state index in [0.717, 1.165) is 12.1 Å². The largest absolute Gasteiger partial charge is 0.480 e. The van der Waals surface area contributed by atoms with Crippen molar-refractivity contribution in [2.75, 3.05) is 0 Å². The lowest BCUT2D eigenvalue weighted by molar-refractivity contribution is -0.138. The molecule has 0 aliphatic rings. The lowest BCUT2D eigenvalue weighted by Gasteiger charge is -2.12. The number of carboxylic acids is 1. The van der Waals surface area contributed by atoms with Crippen LogP contribution >= 0.6 is 11.6 Å². The van der Waals surface area contributed by atoms with Gasteiger partial charge in [0.15, 0.2) is 0 Å². The van der Waals surface area contributed by atoms with Crippen LogP contribution in [0.25, 0.3) is 0 Å². The predicted octanol–water partition coefficient (Wildman–Crippen LogP) is 2.44. The van der Waals surface area contributed by atoms with Crippen LogP contribution in [0.2, 0.25) is 5.02 Å². The van der Waals surface area contributed by atoms with Gasteiger partial charge in [-0.3, -0.25) is 4.79 Å². The van der Waals surface area contributed by atoms with Gasteiger partial charge < -0.3 is 10.8 Å². The molecule has 0 aromatic heterocycles. The summed E-state index contributed by atoms with van der Waals surface area (Å²) in [6, 6.07) is 0.919. The molecule has 0 spiro atoms. The Bertz CT molecular complexity index is 420. The molecule has 1 atom stereocenters. The Kier molecular flexibility index (Phi) is 3.44. The Morgan fingerprint density at radius 3 is 2.38 bits per heavy atom. The van der Waals surface area contributed by atoms with Crippen LogP contribution in [0, 0.1) is 0 Å². The summed E-state index contributed by atoms with van der Waals surface area (Å²) in [5.74, 6) is -1.36. The second-order valence-corrected chi connectivity index (χ2v) is 3.46. The number of carboxylic acid groups (broad SMARTS) is 1. The highest BCUT2D eigenvalue weighted by Crippen LogP contribution is 2.33. The molecule has 0 amide bonds.